The van der Waals surface area contributed by atoms with Gasteiger partial charge in [-0.05, 0) is 58.0 Å². The van der Waals surface area contributed by atoms with Crippen LogP contribution in [-0.4, -0.2) is 90.1 Å². The minimum atomic E-state index is -3.66. The maximum Gasteiger partial charge on any atom is 0.276 e. The van der Waals surface area contributed by atoms with Gasteiger partial charge >= 0.3 is 0 Å². The summed E-state index contributed by atoms with van der Waals surface area (Å²) < 4.78 is 40.6. The molecule has 306 valence electrons. The van der Waals surface area contributed by atoms with Gasteiger partial charge in [0.15, 0.2) is 5.78 Å². The number of aromatic nitrogens is 8. The third-order valence-electron chi connectivity index (χ3n) is 8.89. The summed E-state index contributed by atoms with van der Waals surface area (Å²) >= 11 is 1.14. The van der Waals surface area contributed by atoms with Gasteiger partial charge in [-0.15, -0.1) is 11.3 Å². The summed E-state index contributed by atoms with van der Waals surface area (Å²) in [5.41, 5.74) is 14.8. The fourth-order valence-electron chi connectivity index (χ4n) is 6.36. The number of primary amides is 2. The number of carbonyl (C=O) groups excluding carboxylic acids is 4. The van der Waals surface area contributed by atoms with Crippen LogP contribution in [0.2, 0.25) is 0 Å². The number of anilines is 1. The molecule has 3 amide bonds. The van der Waals surface area contributed by atoms with Gasteiger partial charge in [0.1, 0.15) is 38.8 Å². The molecular formula is C37H43N11O8S2. The fourth-order valence-corrected chi connectivity index (χ4v) is 7.74. The van der Waals surface area contributed by atoms with Gasteiger partial charge in [0, 0.05) is 38.2 Å². The number of ketones is 1. The van der Waals surface area contributed by atoms with Crippen LogP contribution in [0.15, 0.2) is 42.5 Å². The number of carbonyl (C=O) groups is 4. The number of benzene rings is 1. The molecule has 6 aromatic rings. The second-order valence-electron chi connectivity index (χ2n) is 13.3. The zero-order valence-corrected chi connectivity index (χ0v) is 34.1. The van der Waals surface area contributed by atoms with Gasteiger partial charge in [-0.2, -0.15) is 18.6 Å². The molecule has 6 rings (SSSR count). The number of nitrogens with zero attached hydrogens (tertiary/aromatic N) is 8. The minimum Gasteiger partial charge on any atom is -0.491 e. The number of thiophene rings is 1. The molecule has 21 heteroatoms. The highest BCUT2D eigenvalue weighted by molar-refractivity contribution is 7.85. The van der Waals surface area contributed by atoms with E-state index in [0.717, 1.165) is 17.6 Å². The van der Waals surface area contributed by atoms with Crippen molar-refractivity contribution < 1.29 is 36.5 Å². The Hall–Kier alpha value is -6.19. The Balaban J connectivity index is 1.36. The standard InChI is InChI=1S/C37H43N11O8S2/c1-6-47-26(15-21(3)43-47)28(49)20-31-40-24-17-23(33(38)50)18-29(55-13-10-14-56-58(5,53)54)32(24)45(31)11-8-9-12-46-36-25(19-30(57-36)34(39)51)41-37(46)42-35(52)27-16-22(4)44-48(27)7-2/h8-9,15-19H,6-7,10-14,20H2,1-5H3,(H2,38,50)(H2,39,51)(H,41,42,52)/b9-8+. The third kappa shape index (κ3) is 9.16. The van der Waals surface area contributed by atoms with Crippen molar-refractivity contribution in [1.82, 2.24) is 38.7 Å². The molecule has 0 aliphatic heterocycles. The first-order valence-corrected chi connectivity index (χ1v) is 20.9. The molecule has 0 aliphatic rings. The van der Waals surface area contributed by atoms with E-state index in [1.54, 1.807) is 50.5 Å². The van der Waals surface area contributed by atoms with Crippen LogP contribution in [0, 0.1) is 13.8 Å². The first-order chi connectivity index (χ1) is 27.6. The van der Waals surface area contributed by atoms with Crippen molar-refractivity contribution in [2.75, 3.05) is 24.8 Å². The summed E-state index contributed by atoms with van der Waals surface area (Å²) in [6.45, 7) is 8.59. The van der Waals surface area contributed by atoms with Crippen LogP contribution >= 0.6 is 11.3 Å². The number of allylic oxidation sites excluding steroid dienone is 2. The Morgan fingerprint density at radius 3 is 2.14 bits per heavy atom. The maximum absolute atomic E-state index is 13.8. The molecule has 5 heterocycles. The van der Waals surface area contributed by atoms with Crippen molar-refractivity contribution in [3.63, 3.8) is 0 Å². The van der Waals surface area contributed by atoms with E-state index >= 15 is 0 Å². The number of Topliss-reactive ketones (excluding diaryl/α,β-unsaturated/α-hetero) is 1. The monoisotopic (exact) mass is 833 g/mol. The largest absolute Gasteiger partial charge is 0.491 e. The van der Waals surface area contributed by atoms with E-state index in [1.807, 2.05) is 26.0 Å². The summed E-state index contributed by atoms with van der Waals surface area (Å²) in [5.74, 6) is -1.14. The number of imidazole rings is 2. The molecule has 0 saturated heterocycles. The minimum absolute atomic E-state index is 0.0227. The van der Waals surface area contributed by atoms with E-state index in [-0.39, 0.29) is 62.2 Å². The second kappa shape index (κ2) is 17.1. The highest BCUT2D eigenvalue weighted by Crippen LogP contribution is 2.31. The van der Waals surface area contributed by atoms with E-state index in [1.165, 1.54) is 12.1 Å². The first kappa shape index (κ1) is 41.4. The van der Waals surface area contributed by atoms with Crippen LogP contribution in [0.3, 0.4) is 0 Å². The molecule has 0 spiro atoms. The molecule has 5 aromatic heterocycles. The summed E-state index contributed by atoms with van der Waals surface area (Å²) in [5, 5.41) is 11.7. The van der Waals surface area contributed by atoms with Crippen LogP contribution < -0.4 is 21.5 Å². The highest BCUT2D eigenvalue weighted by atomic mass is 32.2. The van der Waals surface area contributed by atoms with Gasteiger partial charge in [0.2, 0.25) is 11.9 Å². The zero-order valence-electron chi connectivity index (χ0n) is 32.5. The fraction of sp³-hybridized carbons (Fsp3) is 0.351. The molecule has 0 saturated carbocycles. The summed E-state index contributed by atoms with van der Waals surface area (Å²) in [7, 11) is -3.66. The molecule has 58 heavy (non-hydrogen) atoms. The lowest BCUT2D eigenvalue weighted by molar-refractivity contribution is 0.0975. The number of fused-ring (bicyclic) bond motifs is 2. The maximum atomic E-state index is 13.8. The number of nitrogens with one attached hydrogen (secondary N) is 1. The molecule has 0 unspecified atom stereocenters. The quantitative estimate of drug-likeness (QED) is 0.0460. The van der Waals surface area contributed by atoms with Crippen LogP contribution in [0.5, 0.6) is 5.75 Å². The topological polar surface area (TPSA) is 256 Å². The number of rotatable bonds is 19. The molecule has 0 bridgehead atoms. The molecular weight excluding hydrogens is 791 g/mol. The number of nitrogens with two attached hydrogens (primary N) is 2. The molecule has 0 radical (unpaired) electrons. The van der Waals surface area contributed by atoms with E-state index < -0.39 is 27.8 Å². The number of amides is 3. The molecule has 1 aromatic carbocycles. The average Bonchev–Trinajstić information content (AvgIpc) is 3.97. The number of ether oxygens (including phenoxy) is 1. The Morgan fingerprint density at radius 2 is 1.50 bits per heavy atom. The van der Waals surface area contributed by atoms with Gasteiger partial charge < -0.3 is 20.8 Å². The molecule has 19 nitrogen and oxygen atoms in total. The smallest absolute Gasteiger partial charge is 0.276 e. The van der Waals surface area contributed by atoms with Gasteiger partial charge in [0.05, 0.1) is 47.7 Å². The van der Waals surface area contributed by atoms with Crippen molar-refractivity contribution in [3.05, 3.63) is 81.5 Å². The summed E-state index contributed by atoms with van der Waals surface area (Å²) in [6.07, 6.45) is 4.69. The SMILES string of the molecule is CCn1nc(C)cc1C(=O)Cc1nc2cc(C(N)=O)cc(OCCCOS(C)(=O)=O)c2n1C/C=C/Cn1c(NC(=O)c2cc(C)nn2CC)nc2cc(C(N)=O)sc21. The number of aryl methyl sites for hydroxylation is 4. The Morgan fingerprint density at radius 1 is 0.845 bits per heavy atom. The van der Waals surface area contributed by atoms with Crippen LogP contribution in [-0.2, 0) is 46.9 Å². The van der Waals surface area contributed by atoms with Crippen molar-refractivity contribution in [2.45, 2.75) is 66.7 Å². The van der Waals surface area contributed by atoms with Gasteiger partial charge in [-0.1, -0.05) is 12.2 Å². The lowest BCUT2D eigenvalue weighted by Crippen LogP contribution is -2.20. The van der Waals surface area contributed by atoms with E-state index in [0.29, 0.717) is 67.9 Å². The van der Waals surface area contributed by atoms with Gasteiger partial charge in [0.25, 0.3) is 21.9 Å². The Labute approximate surface area is 336 Å². The number of hydrogen-bond acceptors (Lipinski definition) is 13. The molecule has 5 N–H and O–H groups in total. The number of hydrogen-bond donors (Lipinski definition) is 3. The molecule has 0 aliphatic carbocycles. The van der Waals surface area contributed by atoms with E-state index in [9.17, 15) is 27.6 Å². The predicted molar refractivity (Wildman–Crippen MR) is 216 cm³/mol. The van der Waals surface area contributed by atoms with Crippen molar-refractivity contribution in [1.29, 1.82) is 0 Å². The lowest BCUT2D eigenvalue weighted by atomic mass is 10.1. The first-order valence-electron chi connectivity index (χ1n) is 18.2. The van der Waals surface area contributed by atoms with Crippen molar-refractivity contribution in [2.24, 2.45) is 11.5 Å². The summed E-state index contributed by atoms with van der Waals surface area (Å²) in [4.78, 5) is 61.9. The second-order valence-corrected chi connectivity index (χ2v) is 16.0. The lowest BCUT2D eigenvalue weighted by Gasteiger charge is -2.13. The third-order valence-corrected chi connectivity index (χ3v) is 10.6. The Kier molecular flexibility index (Phi) is 12.2. The van der Waals surface area contributed by atoms with Gasteiger partial charge in [-0.25, -0.2) is 9.97 Å². The highest BCUT2D eigenvalue weighted by Gasteiger charge is 2.23. The zero-order chi connectivity index (χ0) is 41.9. The van der Waals surface area contributed by atoms with Crippen molar-refractivity contribution >= 4 is 72.3 Å². The predicted octanol–water partition coefficient (Wildman–Crippen LogP) is 3.37. The van der Waals surface area contributed by atoms with Gasteiger partial charge in [-0.3, -0.25) is 42.6 Å². The van der Waals surface area contributed by atoms with Crippen LogP contribution in [0.4, 0.5) is 5.95 Å². The summed E-state index contributed by atoms with van der Waals surface area (Å²) in [6, 6.07) is 7.96. The van der Waals surface area contributed by atoms with Crippen LogP contribution in [0.25, 0.3) is 21.4 Å². The normalized spacial score (nSPS) is 11.9. The van der Waals surface area contributed by atoms with E-state index in [2.05, 4.69) is 20.5 Å². The van der Waals surface area contributed by atoms with Crippen LogP contribution in [0.1, 0.15) is 78.5 Å². The van der Waals surface area contributed by atoms with Crippen molar-refractivity contribution in [3.8, 4) is 5.75 Å². The Bertz CT molecular complexity index is 2700. The average molecular weight is 834 g/mol. The molecule has 0 atom stereocenters. The van der Waals surface area contributed by atoms with E-state index in [4.69, 9.17) is 25.4 Å². The molecule has 0 fully saturated rings.